The summed E-state index contributed by atoms with van der Waals surface area (Å²) < 4.78 is 16.7. The molecule has 0 radical (unpaired) electrons. The van der Waals surface area contributed by atoms with Crippen molar-refractivity contribution in [1.29, 1.82) is 0 Å². The predicted octanol–water partition coefficient (Wildman–Crippen LogP) is 5.70. The van der Waals surface area contributed by atoms with E-state index < -0.39 is 11.8 Å². The molecule has 180 valence electrons. The van der Waals surface area contributed by atoms with Gasteiger partial charge in [0, 0.05) is 6.92 Å². The van der Waals surface area contributed by atoms with Crippen molar-refractivity contribution in [3.8, 4) is 0 Å². The van der Waals surface area contributed by atoms with Gasteiger partial charge in [-0.05, 0) is 20.3 Å². The largest absolute Gasteiger partial charge is 0.481 e. The van der Waals surface area contributed by atoms with Crippen LogP contribution in [0.1, 0.15) is 111 Å². The van der Waals surface area contributed by atoms with Crippen LogP contribution in [0.3, 0.4) is 0 Å². The van der Waals surface area contributed by atoms with Gasteiger partial charge in [0.2, 0.25) is 0 Å². The average Bonchev–Trinajstić information content (AvgIpc) is 3.01. The number of aliphatic hydroxyl groups excluding tert-OH is 1. The minimum Gasteiger partial charge on any atom is -0.481 e. The third-order valence-electron chi connectivity index (χ3n) is 5.07. The molecule has 1 aliphatic heterocycles. The standard InChI is InChI=1S/C22H44O4.C2H4O2/c1-4-5-6-7-8-9-10-11-12-13-14-15-16-20(23)17-24-18-21-19-25-22(2,3)26-21;1-2(3)4/h20-21,23H,4-19H2,1-3H3;1H3,(H,3,4). The van der Waals surface area contributed by atoms with Crippen LogP contribution in [0.2, 0.25) is 0 Å². The van der Waals surface area contributed by atoms with E-state index in [1.165, 1.54) is 70.6 Å². The van der Waals surface area contributed by atoms with Gasteiger partial charge in [0.25, 0.3) is 5.97 Å². The molecule has 2 atom stereocenters. The Morgan fingerprint density at radius 3 is 1.90 bits per heavy atom. The summed E-state index contributed by atoms with van der Waals surface area (Å²) in [5, 5.41) is 17.4. The molecule has 1 rings (SSSR count). The molecule has 0 spiro atoms. The molecule has 0 amide bonds. The van der Waals surface area contributed by atoms with Crippen molar-refractivity contribution in [3.63, 3.8) is 0 Å². The molecule has 1 aliphatic rings. The summed E-state index contributed by atoms with van der Waals surface area (Å²) in [6.45, 7) is 8.65. The summed E-state index contributed by atoms with van der Waals surface area (Å²) in [7, 11) is 0. The number of hydrogen-bond donors (Lipinski definition) is 2. The van der Waals surface area contributed by atoms with E-state index >= 15 is 0 Å². The molecule has 1 fully saturated rings. The second-order valence-corrected chi connectivity index (χ2v) is 8.84. The van der Waals surface area contributed by atoms with Crippen LogP contribution in [-0.4, -0.2) is 54.0 Å². The highest BCUT2D eigenvalue weighted by molar-refractivity contribution is 5.62. The van der Waals surface area contributed by atoms with Crippen LogP contribution in [0.15, 0.2) is 0 Å². The lowest BCUT2D eigenvalue weighted by atomic mass is 10.0. The van der Waals surface area contributed by atoms with E-state index in [-0.39, 0.29) is 12.2 Å². The molecule has 0 aromatic heterocycles. The van der Waals surface area contributed by atoms with Crippen molar-refractivity contribution in [2.45, 2.75) is 129 Å². The van der Waals surface area contributed by atoms with E-state index in [2.05, 4.69) is 6.92 Å². The number of ether oxygens (including phenoxy) is 3. The fourth-order valence-electron chi connectivity index (χ4n) is 3.48. The normalized spacial score (nSPS) is 18.6. The van der Waals surface area contributed by atoms with Crippen LogP contribution >= 0.6 is 0 Å². The number of rotatable bonds is 17. The Hall–Kier alpha value is -0.690. The lowest BCUT2D eigenvalue weighted by molar-refractivity contribution is -0.146. The van der Waals surface area contributed by atoms with Gasteiger partial charge in [-0.3, -0.25) is 4.79 Å². The Morgan fingerprint density at radius 2 is 1.47 bits per heavy atom. The highest BCUT2D eigenvalue weighted by Gasteiger charge is 2.32. The van der Waals surface area contributed by atoms with Crippen LogP contribution in [0.5, 0.6) is 0 Å². The van der Waals surface area contributed by atoms with Gasteiger partial charge in [-0.2, -0.15) is 0 Å². The smallest absolute Gasteiger partial charge is 0.300 e. The minimum absolute atomic E-state index is 0.0103. The van der Waals surface area contributed by atoms with Crippen LogP contribution < -0.4 is 0 Å². The molecule has 6 nitrogen and oxygen atoms in total. The zero-order chi connectivity index (χ0) is 22.7. The summed E-state index contributed by atoms with van der Waals surface area (Å²) in [4.78, 5) is 9.00. The average molecular weight is 433 g/mol. The van der Waals surface area contributed by atoms with E-state index in [4.69, 9.17) is 24.1 Å². The lowest BCUT2D eigenvalue weighted by Gasteiger charge is -2.17. The SMILES string of the molecule is CC(=O)O.CCCCCCCCCCCCCCC(O)COCC1COC(C)(C)O1. The van der Waals surface area contributed by atoms with Crippen molar-refractivity contribution < 1.29 is 29.2 Å². The number of carbonyl (C=O) groups is 1. The van der Waals surface area contributed by atoms with Gasteiger partial charge < -0.3 is 24.4 Å². The highest BCUT2D eigenvalue weighted by Crippen LogP contribution is 2.22. The molecule has 0 aliphatic carbocycles. The third kappa shape index (κ3) is 20.6. The van der Waals surface area contributed by atoms with Gasteiger partial charge in [-0.15, -0.1) is 0 Å². The molecule has 0 aromatic rings. The molecule has 2 N–H and O–H groups in total. The number of aliphatic carboxylic acids is 1. The molecule has 0 bridgehead atoms. The fraction of sp³-hybridized carbons (Fsp3) is 0.958. The van der Waals surface area contributed by atoms with E-state index in [1.54, 1.807) is 0 Å². The first-order valence-electron chi connectivity index (χ1n) is 12.0. The van der Waals surface area contributed by atoms with Gasteiger partial charge in [0.15, 0.2) is 5.79 Å². The van der Waals surface area contributed by atoms with Crippen LogP contribution in [0, 0.1) is 0 Å². The van der Waals surface area contributed by atoms with Crippen LogP contribution in [0.25, 0.3) is 0 Å². The number of carboxylic acid groups (broad SMARTS) is 1. The maximum atomic E-state index is 9.99. The molecule has 30 heavy (non-hydrogen) atoms. The van der Waals surface area contributed by atoms with Crippen LogP contribution in [0.4, 0.5) is 0 Å². The van der Waals surface area contributed by atoms with Gasteiger partial charge in [0.1, 0.15) is 6.10 Å². The predicted molar refractivity (Wildman–Crippen MR) is 121 cm³/mol. The fourth-order valence-corrected chi connectivity index (χ4v) is 3.48. The van der Waals surface area contributed by atoms with Gasteiger partial charge in [-0.1, -0.05) is 84.0 Å². The van der Waals surface area contributed by atoms with Gasteiger partial charge in [0.05, 0.1) is 25.9 Å². The zero-order valence-electron chi connectivity index (χ0n) is 20.0. The lowest BCUT2D eigenvalue weighted by Crippen LogP contribution is -2.26. The quantitative estimate of drug-likeness (QED) is 0.287. The van der Waals surface area contributed by atoms with Crippen molar-refractivity contribution in [1.82, 2.24) is 0 Å². The number of aliphatic hydroxyl groups is 1. The Balaban J connectivity index is 0.00000192. The molecule has 1 heterocycles. The van der Waals surface area contributed by atoms with Crippen molar-refractivity contribution >= 4 is 5.97 Å². The number of carboxylic acids is 1. The molecule has 6 heteroatoms. The Morgan fingerprint density at radius 1 is 1.00 bits per heavy atom. The van der Waals surface area contributed by atoms with Gasteiger partial charge >= 0.3 is 0 Å². The molecule has 2 unspecified atom stereocenters. The second kappa shape index (κ2) is 19.0. The Labute approximate surface area is 184 Å². The van der Waals surface area contributed by atoms with E-state index in [1.807, 2.05) is 13.8 Å². The summed E-state index contributed by atoms with van der Waals surface area (Å²) in [6.07, 6.45) is 16.6. The maximum Gasteiger partial charge on any atom is 0.300 e. The number of unbranched alkanes of at least 4 members (excludes halogenated alkanes) is 11. The molecular formula is C24H48O6. The van der Waals surface area contributed by atoms with Gasteiger partial charge in [-0.25, -0.2) is 0 Å². The monoisotopic (exact) mass is 432 g/mol. The first-order chi connectivity index (χ1) is 14.3. The van der Waals surface area contributed by atoms with E-state index in [9.17, 15) is 5.11 Å². The Bertz CT molecular complexity index is 395. The molecule has 0 saturated carbocycles. The Kier molecular flexibility index (Phi) is 18.6. The van der Waals surface area contributed by atoms with Crippen molar-refractivity contribution in [2.75, 3.05) is 19.8 Å². The van der Waals surface area contributed by atoms with Crippen LogP contribution in [-0.2, 0) is 19.0 Å². The highest BCUT2D eigenvalue weighted by atomic mass is 16.7. The summed E-state index contributed by atoms with van der Waals surface area (Å²) >= 11 is 0. The van der Waals surface area contributed by atoms with E-state index in [0.717, 1.165) is 19.8 Å². The minimum atomic E-state index is -0.833. The zero-order valence-corrected chi connectivity index (χ0v) is 20.0. The van der Waals surface area contributed by atoms with Crippen molar-refractivity contribution in [3.05, 3.63) is 0 Å². The number of hydrogen-bond acceptors (Lipinski definition) is 5. The third-order valence-corrected chi connectivity index (χ3v) is 5.07. The summed E-state index contributed by atoms with van der Waals surface area (Å²) in [6, 6.07) is 0. The first-order valence-corrected chi connectivity index (χ1v) is 12.0. The second-order valence-electron chi connectivity index (χ2n) is 8.84. The van der Waals surface area contributed by atoms with E-state index in [0.29, 0.717) is 19.8 Å². The van der Waals surface area contributed by atoms with Crippen molar-refractivity contribution in [2.24, 2.45) is 0 Å². The topological polar surface area (TPSA) is 85.2 Å². The molecule has 1 saturated heterocycles. The first kappa shape index (κ1) is 29.3. The summed E-state index contributed by atoms with van der Waals surface area (Å²) in [5.41, 5.74) is 0. The molecular weight excluding hydrogens is 384 g/mol. The summed E-state index contributed by atoms with van der Waals surface area (Å²) in [5.74, 6) is -1.33. The maximum absolute atomic E-state index is 9.99. The molecule has 0 aromatic carbocycles.